The summed E-state index contributed by atoms with van der Waals surface area (Å²) in [6, 6.07) is 0. The topological polar surface area (TPSA) is 200 Å². The van der Waals surface area contributed by atoms with Crippen molar-refractivity contribution in [1.82, 2.24) is 5.06 Å². The van der Waals surface area contributed by atoms with Crippen molar-refractivity contribution in [3.05, 3.63) is 0 Å². The number of aliphatic hydroxyl groups is 1. The second kappa shape index (κ2) is 17.8. The zero-order valence-electron chi connectivity index (χ0n) is 38.3. The summed E-state index contributed by atoms with van der Waals surface area (Å²) in [5.41, 5.74) is -0.768. The molecule has 2 N–H and O–H groups in total. The number of hydrogen-bond donors (Lipinski definition) is 2. The molecule has 0 aromatic rings. The highest BCUT2D eigenvalue weighted by Gasteiger charge is 2.70. The lowest BCUT2D eigenvalue weighted by Crippen LogP contribution is -2.62. The molecule has 9 aliphatic carbocycles. The predicted octanol–water partition coefficient (Wildman–Crippen LogP) is 6.17. The number of hydroxylamine groups is 2. The number of unbranched alkanes of at least 4 members (excludes halogenated alkanes) is 2. The fourth-order valence-corrected chi connectivity index (χ4v) is 15.7. The van der Waals surface area contributed by atoms with Crippen molar-refractivity contribution < 1.29 is 62.8 Å². The molecule has 0 aromatic heterocycles. The number of aliphatic hydroxyl groups excluding tert-OH is 1. The molecule has 63 heavy (non-hydrogen) atoms. The van der Waals surface area contributed by atoms with E-state index < -0.39 is 112 Å². The Kier molecular flexibility index (Phi) is 13.0. The Balaban J connectivity index is 1.23. The molecule has 2 saturated heterocycles. The average molecular weight is 882 g/mol. The number of amides is 2. The number of carbonyl (C=O) groups is 7. The lowest BCUT2D eigenvalue weighted by Gasteiger charge is -2.63. The number of ether oxygens (including phenoxy) is 4. The van der Waals surface area contributed by atoms with Gasteiger partial charge in [0, 0.05) is 0 Å². The van der Waals surface area contributed by atoms with Crippen LogP contribution in [0.15, 0.2) is 0 Å². The van der Waals surface area contributed by atoms with Gasteiger partial charge in [-0.25, -0.2) is 0 Å². The van der Waals surface area contributed by atoms with Crippen molar-refractivity contribution in [3.8, 4) is 0 Å². The van der Waals surface area contributed by atoms with E-state index in [4.69, 9.17) is 18.9 Å². The van der Waals surface area contributed by atoms with Crippen LogP contribution in [0.4, 0.5) is 0 Å². The largest absolute Gasteiger partial charge is 0.465 e. The van der Waals surface area contributed by atoms with Gasteiger partial charge in [-0.3, -0.25) is 38.8 Å². The molecule has 9 saturated carbocycles. The normalized spacial score (nSPS) is 42.5. The first-order valence-corrected chi connectivity index (χ1v) is 24.5. The SMILES string of the molecule is CCCCOC(=O)C(C)C(C(=O)OCCCC)C1C2CCC(CC2O)C1C1C(=O)OC(=O)C1C1C2CCC(CC2C(=O)OC(C)(C)C)C1C1C(C)C2CCC1C1C(=O)N(O)C(=O)C21. The van der Waals surface area contributed by atoms with E-state index in [1.807, 2.05) is 34.6 Å². The molecule has 11 aliphatic rings. The maximum Gasteiger partial charge on any atom is 0.317 e. The van der Waals surface area contributed by atoms with Gasteiger partial charge in [0.1, 0.15) is 5.60 Å². The average Bonchev–Trinajstić information content (AvgIpc) is 3.66. The van der Waals surface area contributed by atoms with Gasteiger partial charge in [-0.05, 0) is 156 Å². The van der Waals surface area contributed by atoms with Crippen LogP contribution in [0.2, 0.25) is 0 Å². The van der Waals surface area contributed by atoms with Crippen molar-refractivity contribution in [2.45, 2.75) is 137 Å². The number of hydrogen-bond acceptors (Lipinski definition) is 13. The minimum atomic E-state index is -1.07. The van der Waals surface area contributed by atoms with Crippen LogP contribution in [0.1, 0.15) is 126 Å². The fourth-order valence-electron chi connectivity index (χ4n) is 15.7. The summed E-state index contributed by atoms with van der Waals surface area (Å²) in [4.78, 5) is 99.3. The van der Waals surface area contributed by atoms with Crippen molar-refractivity contribution in [2.75, 3.05) is 13.2 Å². The molecule has 0 radical (unpaired) electrons. The minimum Gasteiger partial charge on any atom is -0.465 e. The van der Waals surface area contributed by atoms with E-state index in [-0.39, 0.29) is 66.5 Å². The number of nitrogens with zero attached hydrogens (tertiary/aromatic N) is 1. The zero-order valence-corrected chi connectivity index (χ0v) is 38.3. The molecule has 20 unspecified atom stereocenters. The summed E-state index contributed by atoms with van der Waals surface area (Å²) in [5.74, 6) is -13.8. The van der Waals surface area contributed by atoms with E-state index in [1.165, 1.54) is 0 Å². The van der Waals surface area contributed by atoms with Crippen LogP contribution in [0.3, 0.4) is 0 Å². The number of esters is 5. The van der Waals surface area contributed by atoms with Gasteiger partial charge in [-0.1, -0.05) is 40.5 Å². The standard InChI is InChI=1S/C49H71NO13/c1-8-10-18-60-44(54)23(4)33(46(56)61-19-11-9-2)37-28-15-13-25(21-31(28)51)35(37)40-41(48(58)62-47(40)57)36-27-14-12-24(20-30(27)45(55)63-49(5,6)7)34(36)32-22(3)26-16-17-29(32)39-38(26)42(52)50(59)43(39)53/h22-41,51,59H,8-21H2,1-7H3. The molecular formula is C49H71NO13. The van der Waals surface area contributed by atoms with E-state index in [9.17, 15) is 43.9 Å². The second-order valence-corrected chi connectivity index (χ2v) is 22.0. The van der Waals surface area contributed by atoms with Crippen molar-refractivity contribution >= 4 is 41.7 Å². The van der Waals surface area contributed by atoms with Gasteiger partial charge in [0.15, 0.2) is 0 Å². The summed E-state index contributed by atoms with van der Waals surface area (Å²) in [6.07, 6.45) is 6.99. The highest BCUT2D eigenvalue weighted by Crippen LogP contribution is 2.68. The van der Waals surface area contributed by atoms with Crippen molar-refractivity contribution in [2.24, 2.45) is 112 Å². The Morgan fingerprint density at radius 1 is 0.714 bits per heavy atom. The number of imide groups is 1. The summed E-state index contributed by atoms with van der Waals surface area (Å²) in [5, 5.41) is 22.7. The Bertz CT molecular complexity index is 1820. The molecule has 2 heterocycles. The molecule has 2 amide bonds. The van der Waals surface area contributed by atoms with Crippen LogP contribution in [0.5, 0.6) is 0 Å². The first kappa shape index (κ1) is 46.2. The lowest BCUT2D eigenvalue weighted by atomic mass is 9.40. The highest BCUT2D eigenvalue weighted by atomic mass is 16.6. The number of fused-ring (bicyclic) bond motifs is 9. The van der Waals surface area contributed by atoms with Gasteiger partial charge in [0.2, 0.25) is 0 Å². The van der Waals surface area contributed by atoms with Crippen LogP contribution in [-0.4, -0.2) is 82.0 Å². The van der Waals surface area contributed by atoms with E-state index in [0.29, 0.717) is 56.4 Å². The molecule has 14 heteroatoms. The third kappa shape index (κ3) is 7.86. The smallest absolute Gasteiger partial charge is 0.317 e. The van der Waals surface area contributed by atoms with Gasteiger partial charge in [0.05, 0.1) is 60.7 Å². The van der Waals surface area contributed by atoms with Gasteiger partial charge in [-0.15, -0.1) is 0 Å². The van der Waals surface area contributed by atoms with Crippen LogP contribution >= 0.6 is 0 Å². The molecule has 6 bridgehead atoms. The van der Waals surface area contributed by atoms with Crippen LogP contribution in [0.25, 0.3) is 0 Å². The molecule has 0 aromatic carbocycles. The quantitative estimate of drug-likeness (QED) is 0.0502. The zero-order chi connectivity index (χ0) is 45.4. The third-order valence-electron chi connectivity index (χ3n) is 17.9. The first-order chi connectivity index (χ1) is 29.9. The maximum absolute atomic E-state index is 14.8. The fraction of sp³-hybridized carbons (Fsp3) is 0.857. The summed E-state index contributed by atoms with van der Waals surface area (Å²) < 4.78 is 23.5. The van der Waals surface area contributed by atoms with Crippen molar-refractivity contribution in [1.29, 1.82) is 0 Å². The predicted molar refractivity (Wildman–Crippen MR) is 223 cm³/mol. The Hall–Kier alpha value is -3.39. The number of carbonyl (C=O) groups excluding carboxylic acids is 7. The molecule has 11 fully saturated rings. The second-order valence-electron chi connectivity index (χ2n) is 22.0. The highest BCUT2D eigenvalue weighted by molar-refractivity contribution is 6.04. The number of rotatable bonds is 14. The summed E-state index contributed by atoms with van der Waals surface area (Å²) in [7, 11) is 0. The van der Waals surface area contributed by atoms with Crippen LogP contribution in [0, 0.1) is 112 Å². The van der Waals surface area contributed by atoms with Gasteiger partial charge in [0.25, 0.3) is 11.8 Å². The molecule has 350 valence electrons. The minimum absolute atomic E-state index is 0.0536. The summed E-state index contributed by atoms with van der Waals surface area (Å²) >= 11 is 0. The molecule has 20 atom stereocenters. The van der Waals surface area contributed by atoms with E-state index in [2.05, 4.69) is 6.92 Å². The summed E-state index contributed by atoms with van der Waals surface area (Å²) in [6.45, 7) is 13.6. The first-order valence-electron chi connectivity index (χ1n) is 24.5. The maximum atomic E-state index is 14.8. The third-order valence-corrected chi connectivity index (χ3v) is 17.9. The van der Waals surface area contributed by atoms with Crippen molar-refractivity contribution in [3.63, 3.8) is 0 Å². The lowest BCUT2D eigenvalue weighted by molar-refractivity contribution is -0.194. The molecule has 14 nitrogen and oxygen atoms in total. The van der Waals surface area contributed by atoms with Gasteiger partial charge >= 0.3 is 29.8 Å². The Morgan fingerprint density at radius 3 is 1.86 bits per heavy atom. The monoisotopic (exact) mass is 881 g/mol. The Labute approximate surface area is 371 Å². The molecule has 0 spiro atoms. The molecule has 2 aliphatic heterocycles. The van der Waals surface area contributed by atoms with Crippen LogP contribution in [-0.2, 0) is 52.5 Å². The Morgan fingerprint density at radius 2 is 1.25 bits per heavy atom. The molecular weight excluding hydrogens is 811 g/mol. The van der Waals surface area contributed by atoms with E-state index >= 15 is 0 Å². The van der Waals surface area contributed by atoms with Gasteiger partial charge < -0.3 is 24.1 Å². The van der Waals surface area contributed by atoms with Crippen LogP contribution < -0.4 is 0 Å². The van der Waals surface area contributed by atoms with Gasteiger partial charge in [-0.2, -0.15) is 5.06 Å². The van der Waals surface area contributed by atoms with E-state index in [0.717, 1.165) is 25.7 Å². The molecule has 11 rings (SSSR count). The van der Waals surface area contributed by atoms with E-state index in [1.54, 1.807) is 6.92 Å². The number of cyclic esters (lactones) is 2.